The standard InChI is InChI=1S/C47H61FN5O8PS3/c1-6-51-17-16-36-13-14-39(47(58)52-27-35(26-49)37(28-52)32-10-8-7-9-11-32)53(36)46(57)38(29-51)50-45(56)41-25-34-24-33(12-15-40(34)65-41)44(48)62(59,60-18-20-63-42(54)22-30(2)3)61-19-21-64-43(55)23-31(4)5/h7-12,15,24-25,30-31,35-39,44H,6,13-14,16-23,27-29H2,1-5H3,(H,50,56)/t35-,36+,37+,38-,39-,44+/m0/s1. The van der Waals surface area contributed by atoms with Gasteiger partial charge < -0.3 is 29.1 Å². The van der Waals surface area contributed by atoms with Crippen LogP contribution in [0.1, 0.15) is 99.4 Å². The largest absolute Gasteiger partial charge is 0.369 e. The minimum Gasteiger partial charge on any atom is -0.339 e. The van der Waals surface area contributed by atoms with Crippen molar-refractivity contribution in [2.75, 3.05) is 57.4 Å². The summed E-state index contributed by atoms with van der Waals surface area (Å²) in [7, 11) is -4.48. The molecular formula is C47H61FN5O8PS3. The van der Waals surface area contributed by atoms with Crippen LogP contribution >= 0.6 is 42.5 Å². The number of amides is 3. The van der Waals surface area contributed by atoms with Crippen molar-refractivity contribution in [2.24, 2.45) is 17.8 Å². The van der Waals surface area contributed by atoms with Gasteiger partial charge in [-0.3, -0.25) is 28.5 Å². The normalized spacial score (nSPS) is 22.2. The van der Waals surface area contributed by atoms with E-state index in [1.807, 2.05) is 65.0 Å². The van der Waals surface area contributed by atoms with Gasteiger partial charge in [0.25, 0.3) is 5.91 Å². The predicted octanol–water partition coefficient (Wildman–Crippen LogP) is 8.66. The van der Waals surface area contributed by atoms with Crippen molar-refractivity contribution in [3.05, 3.63) is 70.6 Å². The summed E-state index contributed by atoms with van der Waals surface area (Å²) in [6, 6.07) is 16.5. The molecule has 352 valence electrons. The molecule has 0 saturated carbocycles. The Bertz CT molecular complexity index is 2220. The van der Waals surface area contributed by atoms with E-state index in [4.69, 9.17) is 9.05 Å². The molecule has 0 aliphatic carbocycles. The molecule has 1 N–H and O–H groups in total. The number of hydrogen-bond acceptors (Lipinski definition) is 13. The number of likely N-dealkylation sites (N-methyl/N-ethyl adjacent to an activating group) is 1. The van der Waals surface area contributed by atoms with Crippen molar-refractivity contribution in [1.29, 1.82) is 5.26 Å². The maximum absolute atomic E-state index is 16.5. The number of benzene rings is 2. The lowest BCUT2D eigenvalue weighted by molar-refractivity contribution is -0.147. The van der Waals surface area contributed by atoms with Crippen LogP contribution in [0.15, 0.2) is 54.6 Å². The van der Waals surface area contributed by atoms with Gasteiger partial charge in [-0.15, -0.1) is 11.3 Å². The molecule has 4 heterocycles. The van der Waals surface area contributed by atoms with Crippen molar-refractivity contribution in [3.8, 4) is 6.07 Å². The number of halogens is 1. The van der Waals surface area contributed by atoms with E-state index in [9.17, 15) is 33.8 Å². The number of likely N-dealkylation sites (tertiary alicyclic amines) is 1. The zero-order valence-electron chi connectivity index (χ0n) is 37.8. The summed E-state index contributed by atoms with van der Waals surface area (Å²) in [5.74, 6) is -3.04. The van der Waals surface area contributed by atoms with E-state index in [1.165, 1.54) is 23.5 Å². The van der Waals surface area contributed by atoms with E-state index in [0.29, 0.717) is 61.8 Å². The first-order valence-corrected chi connectivity index (χ1v) is 27.0. The van der Waals surface area contributed by atoms with E-state index in [1.54, 1.807) is 21.9 Å². The highest BCUT2D eigenvalue weighted by Gasteiger charge is 2.48. The van der Waals surface area contributed by atoms with Gasteiger partial charge in [-0.2, -0.15) is 5.26 Å². The Hall–Kier alpha value is -3.62. The number of thiophene rings is 1. The van der Waals surface area contributed by atoms with E-state index in [0.717, 1.165) is 29.1 Å². The number of rotatable bonds is 19. The molecule has 18 heteroatoms. The minimum atomic E-state index is -4.48. The Morgan fingerprint density at radius 2 is 1.58 bits per heavy atom. The maximum Gasteiger partial charge on any atom is 0.369 e. The second-order valence-corrected chi connectivity index (χ2v) is 23.2. The summed E-state index contributed by atoms with van der Waals surface area (Å²) in [6.07, 6.45) is 2.58. The highest BCUT2D eigenvalue weighted by Crippen LogP contribution is 2.62. The lowest BCUT2D eigenvalue weighted by atomic mass is 9.90. The van der Waals surface area contributed by atoms with E-state index in [2.05, 4.69) is 16.3 Å². The van der Waals surface area contributed by atoms with Gasteiger partial charge in [-0.1, -0.05) is 94.5 Å². The average Bonchev–Trinajstić information content (AvgIpc) is 4.03. The van der Waals surface area contributed by atoms with Crippen LogP contribution in [0.2, 0.25) is 0 Å². The molecule has 0 bridgehead atoms. The molecule has 65 heavy (non-hydrogen) atoms. The molecule has 3 aliphatic rings. The molecule has 3 fully saturated rings. The zero-order valence-corrected chi connectivity index (χ0v) is 41.2. The van der Waals surface area contributed by atoms with Crippen LogP contribution in [-0.4, -0.2) is 118 Å². The zero-order chi connectivity index (χ0) is 46.8. The Morgan fingerprint density at radius 1 is 0.923 bits per heavy atom. The summed E-state index contributed by atoms with van der Waals surface area (Å²) >= 11 is 3.21. The SMILES string of the molecule is CCN1CC[C@H]2CC[C@@H](C(=O)N3C[C@H](c4ccccc4)[C@@H](C#N)C3)N2C(=O)[C@@H](NC(=O)c2cc3cc([C@H](F)P(=O)(OCCSC(=O)CC(C)C)OCCSC(=O)CC(C)C)ccc3s2)C1. The smallest absolute Gasteiger partial charge is 0.339 e. The summed E-state index contributed by atoms with van der Waals surface area (Å²) in [4.78, 5) is 73.3. The molecule has 3 aromatic rings. The monoisotopic (exact) mass is 969 g/mol. The fourth-order valence-electron chi connectivity index (χ4n) is 8.77. The molecule has 0 radical (unpaired) electrons. The lowest BCUT2D eigenvalue weighted by Crippen LogP contribution is -2.60. The molecule has 1 aromatic heterocycles. The van der Waals surface area contributed by atoms with Crippen LogP contribution in [0.3, 0.4) is 0 Å². The van der Waals surface area contributed by atoms with Crippen LogP contribution < -0.4 is 5.32 Å². The number of hydrogen-bond donors (Lipinski definition) is 1. The molecule has 6 atom stereocenters. The second kappa shape index (κ2) is 23.4. The number of nitrogens with zero attached hydrogens (tertiary/aromatic N) is 4. The molecule has 0 unspecified atom stereocenters. The average molecular weight is 970 g/mol. The molecular weight excluding hydrogens is 909 g/mol. The van der Waals surface area contributed by atoms with E-state index >= 15 is 4.39 Å². The third kappa shape index (κ3) is 13.1. The molecule has 6 rings (SSSR count). The third-order valence-corrected chi connectivity index (χ3v) is 16.8. The van der Waals surface area contributed by atoms with Crippen LogP contribution in [0, 0.1) is 29.1 Å². The van der Waals surface area contributed by atoms with Crippen LogP contribution in [0.4, 0.5) is 4.39 Å². The second-order valence-electron chi connectivity index (χ2n) is 17.8. The van der Waals surface area contributed by atoms with Crippen LogP contribution in [-0.2, 0) is 32.8 Å². The fourth-order valence-corrected chi connectivity index (χ4v) is 13.2. The maximum atomic E-state index is 16.5. The molecule has 3 amide bonds. The summed E-state index contributed by atoms with van der Waals surface area (Å²) < 4.78 is 42.5. The van der Waals surface area contributed by atoms with Gasteiger partial charge in [0.15, 0.2) is 10.2 Å². The summed E-state index contributed by atoms with van der Waals surface area (Å²) in [6.45, 7) is 11.6. The number of carbonyl (C=O) groups excluding carboxylic acids is 5. The van der Waals surface area contributed by atoms with Gasteiger partial charge in [0.2, 0.25) is 17.7 Å². The minimum absolute atomic E-state index is 0.0106. The first-order valence-electron chi connectivity index (χ1n) is 22.6. The van der Waals surface area contributed by atoms with Crippen LogP contribution in [0.25, 0.3) is 10.1 Å². The molecule has 0 spiro atoms. The number of nitrogens with one attached hydrogen (secondary N) is 1. The van der Waals surface area contributed by atoms with Crippen molar-refractivity contribution >= 4 is 80.5 Å². The van der Waals surface area contributed by atoms with Crippen molar-refractivity contribution in [1.82, 2.24) is 20.0 Å². The highest BCUT2D eigenvalue weighted by atomic mass is 32.2. The topological polar surface area (TPSA) is 166 Å². The Balaban J connectivity index is 1.16. The summed E-state index contributed by atoms with van der Waals surface area (Å²) in [5, 5.41) is 13.4. The molecule has 3 saturated heterocycles. The third-order valence-electron chi connectivity index (χ3n) is 12.0. The van der Waals surface area contributed by atoms with Crippen molar-refractivity contribution < 1.29 is 42.0 Å². The Kier molecular flexibility index (Phi) is 18.3. The Labute approximate surface area is 394 Å². The number of thioether (sulfide) groups is 2. The Morgan fingerprint density at radius 3 is 2.20 bits per heavy atom. The lowest BCUT2D eigenvalue weighted by Gasteiger charge is -2.39. The van der Waals surface area contributed by atoms with Crippen molar-refractivity contribution in [3.63, 3.8) is 0 Å². The highest BCUT2D eigenvalue weighted by molar-refractivity contribution is 8.13. The van der Waals surface area contributed by atoms with E-state index < -0.39 is 31.5 Å². The molecule has 2 aromatic carbocycles. The van der Waals surface area contributed by atoms with Gasteiger partial charge in [-0.05, 0) is 72.4 Å². The molecule has 13 nitrogen and oxygen atoms in total. The van der Waals surface area contributed by atoms with Gasteiger partial charge >= 0.3 is 7.60 Å². The van der Waals surface area contributed by atoms with Gasteiger partial charge in [0, 0.05) is 67.2 Å². The number of carbonyl (C=O) groups is 5. The van der Waals surface area contributed by atoms with Crippen LogP contribution in [0.5, 0.6) is 0 Å². The van der Waals surface area contributed by atoms with Gasteiger partial charge in [0.05, 0.1) is 30.1 Å². The fraction of sp³-hybridized carbons (Fsp3) is 0.574. The van der Waals surface area contributed by atoms with Gasteiger partial charge in [0.1, 0.15) is 12.1 Å². The first-order chi connectivity index (χ1) is 31.1. The number of fused-ring (bicyclic) bond motifs is 2. The van der Waals surface area contributed by atoms with E-state index in [-0.39, 0.29) is 100 Å². The number of alkyl halides is 1. The molecule has 3 aliphatic heterocycles. The first kappa shape index (κ1) is 50.8. The summed E-state index contributed by atoms with van der Waals surface area (Å²) in [5.41, 5.74) is 1.01. The van der Waals surface area contributed by atoms with Gasteiger partial charge in [-0.25, -0.2) is 4.39 Å². The van der Waals surface area contributed by atoms with Crippen molar-refractivity contribution in [2.45, 2.75) is 96.7 Å². The predicted molar refractivity (Wildman–Crippen MR) is 256 cm³/mol. The number of nitriles is 1. The quantitative estimate of drug-likeness (QED) is 0.0899.